The molecule has 142 valence electrons. The van der Waals surface area contributed by atoms with Gasteiger partial charge in [0.15, 0.2) is 11.0 Å². The van der Waals surface area contributed by atoms with E-state index in [2.05, 4.69) is 19.9 Å². The Labute approximate surface area is 160 Å². The molecule has 4 heterocycles. The van der Waals surface area contributed by atoms with Crippen LogP contribution in [-0.4, -0.2) is 49.1 Å². The van der Waals surface area contributed by atoms with Crippen LogP contribution in [0.25, 0.3) is 0 Å². The van der Waals surface area contributed by atoms with Gasteiger partial charge in [-0.2, -0.15) is 0 Å². The Hall–Kier alpha value is -2.33. The van der Waals surface area contributed by atoms with Crippen molar-refractivity contribution in [2.75, 3.05) is 23.7 Å². The maximum Gasteiger partial charge on any atom is 0.225 e. The van der Waals surface area contributed by atoms with E-state index in [4.69, 9.17) is 10.7 Å². The molecule has 27 heavy (non-hydrogen) atoms. The van der Waals surface area contributed by atoms with Crippen molar-refractivity contribution >= 4 is 22.9 Å². The predicted molar refractivity (Wildman–Crippen MR) is 101 cm³/mol. The second-order valence-corrected chi connectivity index (χ2v) is 8.32. The van der Waals surface area contributed by atoms with Crippen LogP contribution in [0.1, 0.15) is 25.2 Å². The molecule has 10 heteroatoms. The summed E-state index contributed by atoms with van der Waals surface area (Å²) in [5.41, 5.74) is 4.69. The first-order chi connectivity index (χ1) is 12.8. The van der Waals surface area contributed by atoms with Crippen LogP contribution in [0.4, 0.5) is 10.3 Å². The average molecular weight is 389 g/mol. The van der Waals surface area contributed by atoms with Crippen molar-refractivity contribution in [3.63, 3.8) is 0 Å². The molecule has 0 aromatic carbocycles. The lowest BCUT2D eigenvalue weighted by molar-refractivity contribution is 0.0693. The zero-order valence-electron chi connectivity index (χ0n) is 15.0. The van der Waals surface area contributed by atoms with Gasteiger partial charge in [-0.05, 0) is 13.8 Å². The van der Waals surface area contributed by atoms with Gasteiger partial charge in [0.2, 0.25) is 5.95 Å². The van der Waals surface area contributed by atoms with Gasteiger partial charge in [-0.1, -0.05) is 11.8 Å². The minimum atomic E-state index is -1.41. The number of aliphatic hydroxyl groups is 1. The van der Waals surface area contributed by atoms with E-state index in [1.807, 2.05) is 4.90 Å². The summed E-state index contributed by atoms with van der Waals surface area (Å²) in [6, 6.07) is 0. The summed E-state index contributed by atoms with van der Waals surface area (Å²) in [4.78, 5) is 23.8. The average Bonchev–Trinajstić information content (AvgIpc) is 3.02. The van der Waals surface area contributed by atoms with Crippen LogP contribution in [0.3, 0.4) is 0 Å². The molecule has 1 saturated heterocycles. The van der Waals surface area contributed by atoms with E-state index >= 15 is 0 Å². The molecular formula is C17H20FN7OS. The number of hydrogen-bond donors (Lipinski definition) is 2. The standard InChI is InChI=1S/C17H20FN7OS/c1-16(2,26)13-11(18)5-22-15(23-13)25-7-10-8-27-14(19)24-17(10,9-25)12-6-20-3-4-21-12/h3-6,10,26H,7-9H2,1-2H3,(H2,19,24)/t10-,17-/m0/s1. The quantitative estimate of drug-likeness (QED) is 0.800. The van der Waals surface area contributed by atoms with Gasteiger partial charge in [0.25, 0.3) is 0 Å². The van der Waals surface area contributed by atoms with Crippen molar-refractivity contribution in [2.45, 2.75) is 25.0 Å². The van der Waals surface area contributed by atoms with Crippen LogP contribution >= 0.6 is 11.8 Å². The molecular weight excluding hydrogens is 369 g/mol. The number of nitrogens with zero attached hydrogens (tertiary/aromatic N) is 6. The molecule has 2 aliphatic heterocycles. The lowest BCUT2D eigenvalue weighted by Crippen LogP contribution is -2.40. The summed E-state index contributed by atoms with van der Waals surface area (Å²) in [7, 11) is 0. The molecule has 8 nitrogen and oxygen atoms in total. The van der Waals surface area contributed by atoms with Crippen LogP contribution < -0.4 is 10.6 Å². The molecule has 2 aromatic heterocycles. The number of nitrogens with two attached hydrogens (primary N) is 1. The Morgan fingerprint density at radius 3 is 2.85 bits per heavy atom. The summed E-state index contributed by atoms with van der Waals surface area (Å²) in [6.07, 6.45) is 6.05. The fourth-order valence-electron chi connectivity index (χ4n) is 3.60. The van der Waals surface area contributed by atoms with Gasteiger partial charge in [0.05, 0.1) is 24.6 Å². The van der Waals surface area contributed by atoms with Gasteiger partial charge < -0.3 is 15.7 Å². The highest BCUT2D eigenvalue weighted by Crippen LogP contribution is 2.45. The Morgan fingerprint density at radius 1 is 1.33 bits per heavy atom. The Kier molecular flexibility index (Phi) is 4.26. The van der Waals surface area contributed by atoms with Gasteiger partial charge in [-0.3, -0.25) is 9.97 Å². The van der Waals surface area contributed by atoms with Crippen molar-refractivity contribution in [2.24, 2.45) is 16.6 Å². The highest BCUT2D eigenvalue weighted by atomic mass is 32.2. The third-order valence-electron chi connectivity index (χ3n) is 4.89. The molecule has 0 spiro atoms. The first kappa shape index (κ1) is 18.1. The number of rotatable bonds is 3. The second kappa shape index (κ2) is 6.38. The number of thioether (sulfide) groups is 1. The smallest absolute Gasteiger partial charge is 0.225 e. The molecule has 0 saturated carbocycles. The summed E-state index contributed by atoms with van der Waals surface area (Å²) in [6.45, 7) is 4.06. The minimum Gasteiger partial charge on any atom is -0.384 e. The van der Waals surface area contributed by atoms with E-state index in [-0.39, 0.29) is 11.6 Å². The summed E-state index contributed by atoms with van der Waals surface area (Å²) < 4.78 is 14.1. The fourth-order valence-corrected chi connectivity index (χ4v) is 4.58. The van der Waals surface area contributed by atoms with Gasteiger partial charge in [-0.25, -0.2) is 19.4 Å². The van der Waals surface area contributed by atoms with Crippen LogP contribution in [0.2, 0.25) is 0 Å². The lowest BCUT2D eigenvalue weighted by atomic mass is 9.86. The molecule has 0 amide bonds. The second-order valence-electron chi connectivity index (χ2n) is 7.28. The van der Waals surface area contributed by atoms with Crippen LogP contribution in [0.5, 0.6) is 0 Å². The predicted octanol–water partition coefficient (Wildman–Crippen LogP) is 1.03. The van der Waals surface area contributed by atoms with E-state index < -0.39 is 17.0 Å². The molecule has 0 bridgehead atoms. The monoisotopic (exact) mass is 389 g/mol. The molecule has 0 radical (unpaired) electrons. The van der Waals surface area contributed by atoms with Gasteiger partial charge in [0, 0.05) is 30.6 Å². The number of anilines is 1. The molecule has 2 atom stereocenters. The number of hydrogen-bond acceptors (Lipinski definition) is 9. The van der Waals surface area contributed by atoms with Crippen LogP contribution in [0.15, 0.2) is 29.8 Å². The number of aliphatic imine (C=N–C) groups is 1. The SMILES string of the molecule is CC(C)(O)c1nc(N2C[C@H]3CSC(N)=N[C@@]3(c3cnccn3)C2)ncc1F. The third-order valence-corrected chi connectivity index (χ3v) is 5.85. The third kappa shape index (κ3) is 3.12. The maximum absolute atomic E-state index is 14.1. The number of fused-ring (bicyclic) bond motifs is 1. The van der Waals surface area contributed by atoms with E-state index in [0.29, 0.717) is 24.2 Å². The van der Waals surface area contributed by atoms with Crippen molar-refractivity contribution in [1.29, 1.82) is 0 Å². The van der Waals surface area contributed by atoms with Gasteiger partial charge in [0.1, 0.15) is 16.8 Å². The van der Waals surface area contributed by atoms with Crippen molar-refractivity contribution in [3.05, 3.63) is 42.0 Å². The Balaban J connectivity index is 1.75. The largest absolute Gasteiger partial charge is 0.384 e. The van der Waals surface area contributed by atoms with Crippen molar-refractivity contribution in [1.82, 2.24) is 19.9 Å². The molecule has 0 unspecified atom stereocenters. The fraction of sp³-hybridized carbons (Fsp3) is 0.471. The summed E-state index contributed by atoms with van der Waals surface area (Å²) >= 11 is 1.51. The van der Waals surface area contributed by atoms with Crippen LogP contribution in [0, 0.1) is 11.7 Å². The highest BCUT2D eigenvalue weighted by molar-refractivity contribution is 8.13. The summed E-state index contributed by atoms with van der Waals surface area (Å²) in [5.74, 6) is 0.627. The molecule has 0 aliphatic carbocycles. The number of halogens is 1. The van der Waals surface area contributed by atoms with E-state index in [9.17, 15) is 9.50 Å². The Morgan fingerprint density at radius 2 is 2.15 bits per heavy atom. The molecule has 2 aliphatic rings. The molecule has 4 rings (SSSR count). The molecule has 1 fully saturated rings. The first-order valence-corrected chi connectivity index (χ1v) is 9.53. The lowest BCUT2D eigenvalue weighted by Gasteiger charge is -2.33. The van der Waals surface area contributed by atoms with E-state index in [1.165, 1.54) is 25.6 Å². The summed E-state index contributed by atoms with van der Waals surface area (Å²) in [5, 5.41) is 10.7. The minimum absolute atomic E-state index is 0.0340. The van der Waals surface area contributed by atoms with Crippen LogP contribution in [-0.2, 0) is 11.1 Å². The first-order valence-electron chi connectivity index (χ1n) is 8.54. The topological polar surface area (TPSA) is 113 Å². The molecule has 2 aromatic rings. The number of amidine groups is 1. The van der Waals surface area contributed by atoms with Crippen molar-refractivity contribution in [3.8, 4) is 0 Å². The van der Waals surface area contributed by atoms with Gasteiger partial charge >= 0.3 is 0 Å². The normalized spacial score (nSPS) is 25.3. The molecule has 3 N–H and O–H groups in total. The van der Waals surface area contributed by atoms with Crippen molar-refractivity contribution < 1.29 is 9.50 Å². The highest BCUT2D eigenvalue weighted by Gasteiger charge is 2.52. The van der Waals surface area contributed by atoms with E-state index in [1.54, 1.807) is 18.6 Å². The number of aromatic nitrogens is 4. The van der Waals surface area contributed by atoms with Gasteiger partial charge in [-0.15, -0.1) is 0 Å². The zero-order valence-corrected chi connectivity index (χ0v) is 15.8. The van der Waals surface area contributed by atoms with E-state index in [0.717, 1.165) is 17.6 Å². The Bertz CT molecular complexity index is 889. The maximum atomic E-state index is 14.1. The zero-order chi connectivity index (χ0) is 19.2.